The number of Topliss-reactive ketones (excluding diaryl/α,β-unsaturated/α-hetero) is 1. The summed E-state index contributed by atoms with van der Waals surface area (Å²) in [5.74, 6) is 0.941. The van der Waals surface area contributed by atoms with E-state index in [1.807, 2.05) is 35.7 Å². The van der Waals surface area contributed by atoms with Crippen molar-refractivity contribution in [2.45, 2.75) is 6.42 Å². The van der Waals surface area contributed by atoms with E-state index in [-0.39, 0.29) is 5.78 Å². The number of halogens is 1. The van der Waals surface area contributed by atoms with Crippen molar-refractivity contribution in [1.29, 1.82) is 0 Å². The molecule has 2 nitrogen and oxygen atoms in total. The summed E-state index contributed by atoms with van der Waals surface area (Å²) in [5, 5.41) is 1.87. The maximum atomic E-state index is 11.9. The van der Waals surface area contributed by atoms with Crippen LogP contribution < -0.4 is 4.74 Å². The number of carbonyl (C=O) groups excluding carboxylic acids is 1. The highest BCUT2D eigenvalue weighted by Gasteiger charge is 2.09. The lowest BCUT2D eigenvalue weighted by molar-refractivity contribution is 0.0993. The van der Waals surface area contributed by atoms with E-state index >= 15 is 0 Å². The summed E-state index contributed by atoms with van der Waals surface area (Å²) >= 11 is 4.88. The van der Waals surface area contributed by atoms with E-state index in [0.29, 0.717) is 6.42 Å². The molecule has 88 valence electrons. The monoisotopic (exact) mass is 310 g/mol. The zero-order valence-corrected chi connectivity index (χ0v) is 11.7. The Hall–Kier alpha value is -1.13. The molecule has 0 aliphatic heterocycles. The number of thiophene rings is 1. The smallest absolute Gasteiger partial charge is 0.168 e. The molecular weight excluding hydrogens is 300 g/mol. The average Bonchev–Trinajstić information content (AvgIpc) is 2.77. The van der Waals surface area contributed by atoms with Gasteiger partial charge in [0, 0.05) is 17.4 Å². The number of methoxy groups -OCH3 is 1. The van der Waals surface area contributed by atoms with Crippen LogP contribution in [0.4, 0.5) is 0 Å². The second kappa shape index (κ2) is 5.47. The fourth-order valence-electron chi connectivity index (χ4n) is 1.49. The fraction of sp³-hybridized carbons (Fsp3) is 0.154. The van der Waals surface area contributed by atoms with Gasteiger partial charge in [0.25, 0.3) is 0 Å². The molecule has 1 aromatic carbocycles. The summed E-state index contributed by atoms with van der Waals surface area (Å²) in [7, 11) is 1.63. The highest BCUT2D eigenvalue weighted by molar-refractivity contribution is 9.11. The molecule has 1 heterocycles. The third kappa shape index (κ3) is 3.17. The van der Waals surface area contributed by atoms with Gasteiger partial charge in [-0.05, 0) is 39.7 Å². The first kappa shape index (κ1) is 12.3. The number of carbonyl (C=O) groups is 1. The maximum absolute atomic E-state index is 11.9. The van der Waals surface area contributed by atoms with Crippen molar-refractivity contribution < 1.29 is 9.53 Å². The van der Waals surface area contributed by atoms with Gasteiger partial charge >= 0.3 is 0 Å². The van der Waals surface area contributed by atoms with Gasteiger partial charge in [-0.15, -0.1) is 11.3 Å². The van der Waals surface area contributed by atoms with Crippen molar-refractivity contribution in [2.75, 3.05) is 7.11 Å². The highest BCUT2D eigenvalue weighted by Crippen LogP contribution is 2.22. The van der Waals surface area contributed by atoms with Crippen LogP contribution in [0.25, 0.3) is 0 Å². The number of ether oxygens (including phenoxy) is 1. The van der Waals surface area contributed by atoms with Gasteiger partial charge in [-0.2, -0.15) is 0 Å². The van der Waals surface area contributed by atoms with Crippen molar-refractivity contribution in [1.82, 2.24) is 0 Å². The van der Waals surface area contributed by atoms with Crippen LogP contribution in [0.2, 0.25) is 0 Å². The van der Waals surface area contributed by atoms with Gasteiger partial charge in [-0.1, -0.05) is 12.1 Å². The van der Waals surface area contributed by atoms with Crippen LogP contribution in [0.3, 0.4) is 0 Å². The molecule has 0 saturated heterocycles. The zero-order valence-electron chi connectivity index (χ0n) is 9.27. The molecule has 0 unspecified atom stereocenters. The van der Waals surface area contributed by atoms with E-state index < -0.39 is 0 Å². The number of hydrogen-bond acceptors (Lipinski definition) is 3. The average molecular weight is 311 g/mol. The summed E-state index contributed by atoms with van der Waals surface area (Å²) < 4.78 is 6.05. The summed E-state index contributed by atoms with van der Waals surface area (Å²) in [6, 6.07) is 9.42. The molecule has 0 amide bonds. The third-order valence-corrected chi connectivity index (χ3v) is 3.92. The Morgan fingerprint density at radius 3 is 2.59 bits per heavy atom. The molecule has 0 bridgehead atoms. The minimum Gasteiger partial charge on any atom is -0.497 e. The van der Waals surface area contributed by atoms with Gasteiger partial charge in [0.1, 0.15) is 5.75 Å². The molecule has 2 rings (SSSR count). The summed E-state index contributed by atoms with van der Waals surface area (Å²) in [5.41, 5.74) is 1.76. The van der Waals surface area contributed by atoms with E-state index in [9.17, 15) is 4.79 Å². The van der Waals surface area contributed by atoms with Crippen LogP contribution in [0.1, 0.15) is 15.9 Å². The van der Waals surface area contributed by atoms with Gasteiger partial charge in [0.2, 0.25) is 0 Å². The van der Waals surface area contributed by atoms with Crippen LogP contribution in [0, 0.1) is 0 Å². The lowest BCUT2D eigenvalue weighted by Gasteiger charge is -2.02. The first-order chi connectivity index (χ1) is 8.19. The Labute approximate surface area is 112 Å². The molecule has 0 fully saturated rings. The van der Waals surface area contributed by atoms with Crippen LogP contribution in [0.5, 0.6) is 5.75 Å². The molecule has 17 heavy (non-hydrogen) atoms. The van der Waals surface area contributed by atoms with Crippen LogP contribution >= 0.6 is 27.3 Å². The van der Waals surface area contributed by atoms with Crippen LogP contribution in [-0.4, -0.2) is 12.9 Å². The Morgan fingerprint density at radius 2 is 2.06 bits per heavy atom. The zero-order chi connectivity index (χ0) is 12.3. The van der Waals surface area contributed by atoms with Gasteiger partial charge in [0.15, 0.2) is 5.78 Å². The Kier molecular flexibility index (Phi) is 3.97. The largest absolute Gasteiger partial charge is 0.497 e. The molecular formula is C13H11BrO2S. The van der Waals surface area contributed by atoms with E-state index in [1.54, 1.807) is 7.11 Å². The minimum atomic E-state index is 0.136. The van der Waals surface area contributed by atoms with Crippen LogP contribution in [0.15, 0.2) is 39.5 Å². The second-order valence-electron chi connectivity index (χ2n) is 3.59. The lowest BCUT2D eigenvalue weighted by atomic mass is 10.1. The van der Waals surface area contributed by atoms with E-state index in [2.05, 4.69) is 15.9 Å². The number of ketones is 1. The first-order valence-corrected chi connectivity index (χ1v) is 6.76. The third-order valence-electron chi connectivity index (χ3n) is 2.41. The van der Waals surface area contributed by atoms with Crippen molar-refractivity contribution in [3.63, 3.8) is 0 Å². The summed E-state index contributed by atoms with van der Waals surface area (Å²) in [6.07, 6.45) is 0.424. The second-order valence-corrected chi connectivity index (χ2v) is 5.88. The number of benzene rings is 1. The Morgan fingerprint density at radius 1 is 1.35 bits per heavy atom. The molecule has 2 aromatic rings. The van der Waals surface area contributed by atoms with Crippen molar-refractivity contribution in [3.8, 4) is 5.75 Å². The minimum absolute atomic E-state index is 0.136. The Bertz CT molecular complexity index is 516. The molecule has 0 radical (unpaired) electrons. The summed E-state index contributed by atoms with van der Waals surface area (Å²) in [6.45, 7) is 0. The molecule has 1 aromatic heterocycles. The van der Waals surface area contributed by atoms with Gasteiger partial charge < -0.3 is 4.74 Å². The quantitative estimate of drug-likeness (QED) is 0.799. The fourth-order valence-corrected chi connectivity index (χ4v) is 2.65. The van der Waals surface area contributed by atoms with Crippen LogP contribution in [-0.2, 0) is 6.42 Å². The standard InChI is InChI=1S/C13H11BrO2S/c1-16-11-4-2-9(3-5-11)6-12(15)10-7-13(14)17-8-10/h2-5,7-8H,6H2,1H3. The first-order valence-electron chi connectivity index (χ1n) is 5.09. The van der Waals surface area contributed by atoms with E-state index in [4.69, 9.17) is 4.74 Å². The molecule has 0 N–H and O–H groups in total. The summed E-state index contributed by atoms with van der Waals surface area (Å²) in [4.78, 5) is 11.9. The topological polar surface area (TPSA) is 26.3 Å². The van der Waals surface area contributed by atoms with E-state index in [0.717, 1.165) is 20.7 Å². The molecule has 0 spiro atoms. The van der Waals surface area contributed by atoms with Crippen molar-refractivity contribution >= 4 is 33.0 Å². The van der Waals surface area contributed by atoms with Crippen molar-refractivity contribution in [3.05, 3.63) is 50.6 Å². The van der Waals surface area contributed by atoms with Gasteiger partial charge in [0.05, 0.1) is 10.9 Å². The van der Waals surface area contributed by atoms with Crippen molar-refractivity contribution in [2.24, 2.45) is 0 Å². The molecule has 4 heteroatoms. The molecule has 0 aliphatic carbocycles. The normalized spacial score (nSPS) is 10.2. The predicted octanol–water partition coefficient (Wildman–Crippen LogP) is 3.94. The number of hydrogen-bond donors (Lipinski definition) is 0. The SMILES string of the molecule is COc1ccc(CC(=O)c2csc(Br)c2)cc1. The van der Waals surface area contributed by atoms with E-state index in [1.165, 1.54) is 11.3 Å². The van der Waals surface area contributed by atoms with Gasteiger partial charge in [-0.3, -0.25) is 4.79 Å². The molecule has 0 atom stereocenters. The van der Waals surface area contributed by atoms with Gasteiger partial charge in [-0.25, -0.2) is 0 Å². The predicted molar refractivity (Wildman–Crippen MR) is 73.0 cm³/mol. The Balaban J connectivity index is 2.07. The maximum Gasteiger partial charge on any atom is 0.168 e. The molecule has 0 saturated carbocycles. The lowest BCUT2D eigenvalue weighted by Crippen LogP contribution is -2.01. The number of rotatable bonds is 4. The highest BCUT2D eigenvalue weighted by atomic mass is 79.9. The molecule has 0 aliphatic rings.